The van der Waals surface area contributed by atoms with E-state index in [9.17, 15) is 59.4 Å². The average Bonchev–Trinajstić information content (AvgIpc) is 0.852. The third kappa shape index (κ3) is 73.8. The van der Waals surface area contributed by atoms with Gasteiger partial charge in [0.05, 0.1) is 49.8 Å². The zero-order chi connectivity index (χ0) is 94.0. The Kier molecular flexibility index (Phi) is 80.2. The fourth-order valence-electron chi connectivity index (χ4n) is 8.66. The zero-order valence-electron chi connectivity index (χ0n) is 77.9. The van der Waals surface area contributed by atoms with Crippen LogP contribution in [0.5, 0.6) is 11.5 Å². The number of hydrogen-bond acceptors (Lipinski definition) is 22. The van der Waals surface area contributed by atoms with Crippen molar-refractivity contribution in [3.8, 4) is 11.5 Å². The van der Waals surface area contributed by atoms with Crippen LogP contribution in [-0.2, 0) is 92.1 Å². The molecule has 0 heterocycles. The lowest BCUT2D eigenvalue weighted by Crippen LogP contribution is -2.49. The molecule has 7 unspecified atom stereocenters. The molecule has 7 atom stereocenters. The lowest BCUT2D eigenvalue weighted by molar-refractivity contribution is -0.155. The number of carbonyl (C=O) groups excluding carboxylic acids is 8. The van der Waals surface area contributed by atoms with E-state index in [0.29, 0.717) is 102 Å². The van der Waals surface area contributed by atoms with Crippen molar-refractivity contribution in [2.24, 2.45) is 45.8 Å². The first-order valence-electron chi connectivity index (χ1n) is 42.3. The number of methoxy groups -OCH3 is 2. The third-order valence-corrected chi connectivity index (χ3v) is 22.6. The van der Waals surface area contributed by atoms with E-state index in [1.807, 2.05) is 178 Å². The number of rotatable bonds is 48. The van der Waals surface area contributed by atoms with Crippen LogP contribution in [0.2, 0.25) is 0 Å². The largest absolute Gasteiger partial charge is 0.490 e. The summed E-state index contributed by atoms with van der Waals surface area (Å²) >= 11 is 0. The summed E-state index contributed by atoms with van der Waals surface area (Å²) in [6.45, 7) is 47.3. The molecule has 0 aromatic heterocycles. The number of Topliss-reactive ketones (excluding diaryl/α,β-unsaturated/α-hetero) is 4. The Balaban J connectivity index is -0.000000200. The van der Waals surface area contributed by atoms with E-state index in [4.69, 9.17) is 57.0 Å². The Bertz CT molecular complexity index is 3530. The quantitative estimate of drug-likeness (QED) is 0.0101. The second-order valence-corrected chi connectivity index (χ2v) is 36.8. The van der Waals surface area contributed by atoms with Crippen molar-refractivity contribution in [2.45, 2.75) is 306 Å². The molecule has 0 bridgehead atoms. The molecule has 3 rings (SSSR count). The average molecular weight is 1800 g/mol. The molecule has 26 nitrogen and oxygen atoms in total. The second-order valence-electron chi connectivity index (χ2n) is 32.0. The Labute approximate surface area is 739 Å². The van der Waals surface area contributed by atoms with E-state index >= 15 is 0 Å². The van der Waals surface area contributed by atoms with Crippen LogP contribution < -0.4 is 14.8 Å². The number of aliphatic hydroxyl groups is 2. The minimum Gasteiger partial charge on any atom is -0.490 e. The second kappa shape index (κ2) is 74.7. The molecule has 0 saturated carbocycles. The normalized spacial score (nSPS) is 12.9. The van der Waals surface area contributed by atoms with Crippen LogP contribution in [0.25, 0.3) is 0 Å². The summed E-state index contributed by atoms with van der Waals surface area (Å²) in [5, 5.41) is 19.5. The molecule has 6 N–H and O–H groups in total. The van der Waals surface area contributed by atoms with Gasteiger partial charge in [0.2, 0.25) is 5.91 Å². The molecule has 0 aliphatic heterocycles. The molecule has 122 heavy (non-hydrogen) atoms. The number of nitrogens with one attached hydrogen (secondary N) is 1. The molecule has 714 valence electrons. The summed E-state index contributed by atoms with van der Waals surface area (Å²) in [5.74, 6) is 5.24. The molecule has 0 aliphatic carbocycles. The molecule has 0 spiro atoms. The summed E-state index contributed by atoms with van der Waals surface area (Å²) in [4.78, 5) is 90.6. The molecule has 3 aromatic rings. The standard InChI is InChI=1S/C14H20O3.C13H18O3.C10H14O3S.C10H20O2.C9H19NO4S.C9H18O4S.2C9H18O2.C8H16O2.2CH4/c1-4-14(2,3)13(15)17-11-10-16-12-8-6-5-7-9-12;1-3-11(2)13(14)16-10-9-15-12-7-5-4-6-8-12;1-3-8(2)9-4-6-10(7-5-9)14(11,12)13;1-5-10(2,3)9(11)7-6-8-12-4;1-5-7(2)8(11)10-9(3,4)6-15(12,13)14;1-4-8(2)9(10)13-6-5-7-14(3,11)12;1-4-9(2,3)8(11)6-5-7-10;1-4-8(2)9(10)6-5-7-11-3;1-3-7(2)8(10)5-4-6-9;;/h5-9H,4,10-11H2,1-3H3;4-8,11H,3,9-10H2,1-2H3;4-8H,3H2,1-2H3,(H,11,12,13);5-8H2,1-4H3;7H,5-6H2,1-4H3,(H,10,11)(H,12,13,14);8H,3-7H2,1-2H3,(H,11,12);10H,4-7H2,1-3H3;8H,4-7H2,1-3H3;7,9H,3-6H2,1-2H3;2*1H4. The smallest absolute Gasteiger partial charge is 0.311 e. The number of ether oxygens (including phenoxy) is 7. The van der Waals surface area contributed by atoms with E-state index in [2.05, 4.69) is 25.0 Å². The van der Waals surface area contributed by atoms with Gasteiger partial charge in [0, 0.05) is 101 Å². The fraction of sp³-hybridized carbons (Fsp3) is 0.710. The third-order valence-electron chi connectivity index (χ3n) is 19.7. The first-order valence-corrected chi connectivity index (χ1v) is 47.2. The molecule has 0 aliphatic rings. The van der Waals surface area contributed by atoms with E-state index in [0.717, 1.165) is 81.3 Å². The molecule has 0 radical (unpaired) electrons. The lowest BCUT2D eigenvalue weighted by Gasteiger charge is -2.26. The summed E-state index contributed by atoms with van der Waals surface area (Å²) < 4.78 is 115. The predicted molar refractivity (Wildman–Crippen MR) is 496 cm³/mol. The van der Waals surface area contributed by atoms with Crippen LogP contribution in [0.3, 0.4) is 0 Å². The van der Waals surface area contributed by atoms with Crippen LogP contribution >= 0.6 is 0 Å². The van der Waals surface area contributed by atoms with E-state index in [-0.39, 0.29) is 128 Å². The van der Waals surface area contributed by atoms with Gasteiger partial charge in [0.1, 0.15) is 61.1 Å². The van der Waals surface area contributed by atoms with Crippen LogP contribution in [0.15, 0.2) is 89.8 Å². The summed E-state index contributed by atoms with van der Waals surface area (Å²) in [7, 11) is -7.74. The highest BCUT2D eigenvalue weighted by Crippen LogP contribution is 2.26. The maximum Gasteiger partial charge on any atom is 0.311 e. The number of esters is 3. The van der Waals surface area contributed by atoms with Crippen molar-refractivity contribution in [1.29, 1.82) is 0 Å². The number of ketones is 4. The van der Waals surface area contributed by atoms with Gasteiger partial charge in [-0.1, -0.05) is 195 Å². The summed E-state index contributed by atoms with van der Waals surface area (Å²) in [6.07, 6.45) is 13.3. The Morgan fingerprint density at radius 3 is 1.11 bits per heavy atom. The fourth-order valence-corrected chi connectivity index (χ4v) is 10.7. The Morgan fingerprint density at radius 1 is 0.426 bits per heavy atom. The van der Waals surface area contributed by atoms with Crippen LogP contribution in [0, 0.1) is 45.8 Å². The van der Waals surface area contributed by atoms with Gasteiger partial charge >= 0.3 is 17.9 Å². The molecule has 1 amide bonds. The van der Waals surface area contributed by atoms with Crippen LogP contribution in [-0.4, -0.2) is 188 Å². The van der Waals surface area contributed by atoms with Crippen LogP contribution in [0.1, 0.15) is 301 Å². The van der Waals surface area contributed by atoms with Gasteiger partial charge in [0.15, 0.2) is 0 Å². The van der Waals surface area contributed by atoms with Crippen molar-refractivity contribution in [3.63, 3.8) is 0 Å². The van der Waals surface area contributed by atoms with Gasteiger partial charge in [-0.25, -0.2) is 4.21 Å². The molecule has 3 aromatic carbocycles. The monoisotopic (exact) mass is 1800 g/mol. The lowest BCUT2D eigenvalue weighted by atomic mass is 9.83. The molecular formula is C93H169NO25S3. The maximum atomic E-state index is 11.6. The topological polar surface area (TPSA) is 400 Å². The summed E-state index contributed by atoms with van der Waals surface area (Å²) in [5.41, 5.74) is -0.621. The Hall–Kier alpha value is -6.54. The summed E-state index contributed by atoms with van der Waals surface area (Å²) in [6, 6.07) is 25.3. The minimum absolute atomic E-state index is 0. The highest BCUT2D eigenvalue weighted by atomic mass is 32.2. The number of hydrogen-bond donors (Lipinski definition) is 6. The van der Waals surface area contributed by atoms with Gasteiger partial charge in [-0.3, -0.25) is 47.5 Å². The van der Waals surface area contributed by atoms with Crippen molar-refractivity contribution >= 4 is 82.9 Å². The molecule has 0 fully saturated rings. The van der Waals surface area contributed by atoms with Gasteiger partial charge in [-0.15, -0.1) is 0 Å². The molecule has 0 saturated heterocycles. The predicted octanol–water partition coefficient (Wildman–Crippen LogP) is 19.0. The number of aliphatic hydroxyl groups excluding tert-OH is 2. The van der Waals surface area contributed by atoms with Crippen molar-refractivity contribution in [3.05, 3.63) is 90.5 Å². The van der Waals surface area contributed by atoms with Gasteiger partial charge in [-0.05, 0) is 171 Å². The highest BCUT2D eigenvalue weighted by molar-refractivity contribution is 7.95. The first kappa shape index (κ1) is 131. The SMILES string of the molecule is C.C.C=S(=O)(O)CCCOC(=O)C(C)CC.CCC(C)(C)C(=O)CCCO.CCC(C)(C)C(=O)CCCOC.CCC(C)(C)C(=O)OCCOc1ccccc1.CCC(C)C(=O)CCCO.CCC(C)C(=O)CCCOC.CCC(C)C(=O)NC(C)(C)CS(=O)(=O)O.CCC(C)C(=O)OCCOc1ccccc1.CCC(C)c1ccc(S(=O)(=O)O)cc1. The maximum absolute atomic E-state index is 11.6. The minimum atomic E-state index is -4.07. The van der Waals surface area contributed by atoms with E-state index in [1.165, 1.54) is 12.1 Å². The van der Waals surface area contributed by atoms with E-state index in [1.54, 1.807) is 54.0 Å². The molecular weight excluding hydrogens is 1630 g/mol. The molecule has 29 heteroatoms. The van der Waals surface area contributed by atoms with Gasteiger partial charge in [0.25, 0.3) is 20.2 Å². The number of benzene rings is 3. The van der Waals surface area contributed by atoms with Gasteiger partial charge < -0.3 is 53.2 Å². The number of para-hydroxylation sites is 2. The van der Waals surface area contributed by atoms with E-state index < -0.39 is 46.7 Å². The highest BCUT2D eigenvalue weighted by Gasteiger charge is 2.30. The van der Waals surface area contributed by atoms with Crippen molar-refractivity contribution < 1.29 is 116 Å². The van der Waals surface area contributed by atoms with Gasteiger partial charge in [-0.2, -0.15) is 16.8 Å². The number of carbonyl (C=O) groups is 8. The first-order chi connectivity index (χ1) is 55.7. The number of amides is 1. The van der Waals surface area contributed by atoms with Crippen molar-refractivity contribution in [2.75, 3.05) is 85.2 Å². The van der Waals surface area contributed by atoms with Crippen molar-refractivity contribution in [1.82, 2.24) is 5.32 Å². The zero-order valence-corrected chi connectivity index (χ0v) is 80.3. The Morgan fingerprint density at radius 2 is 0.779 bits per heavy atom. The van der Waals surface area contributed by atoms with Crippen LogP contribution in [0.4, 0.5) is 0 Å².